The average Bonchev–Trinajstić information content (AvgIpc) is 3.61. The van der Waals surface area contributed by atoms with Crippen LogP contribution in [-0.2, 0) is 19.1 Å². The van der Waals surface area contributed by atoms with E-state index < -0.39 is 18.2 Å². The van der Waals surface area contributed by atoms with E-state index in [4.69, 9.17) is 14.6 Å². The number of carbonyl (C=O) groups is 3. The minimum atomic E-state index is -1.05. The van der Waals surface area contributed by atoms with Crippen LogP contribution in [0.15, 0.2) is 48.5 Å². The number of alkyl carbamates (subject to hydrolysis) is 1. The van der Waals surface area contributed by atoms with Gasteiger partial charge in [-0.3, -0.25) is 9.59 Å². The Morgan fingerprint density at radius 3 is 2.21 bits per heavy atom. The molecule has 2 aliphatic carbocycles. The minimum Gasteiger partial charge on any atom is -0.480 e. The zero-order valence-corrected chi connectivity index (χ0v) is 18.5. The second-order valence-corrected chi connectivity index (χ2v) is 8.36. The van der Waals surface area contributed by atoms with E-state index in [2.05, 4.69) is 29.6 Å². The molecule has 0 aromatic heterocycles. The fraction of sp³-hybridized carbons (Fsp3) is 0.400. The Kier molecular flexibility index (Phi) is 6.93. The van der Waals surface area contributed by atoms with Crippen LogP contribution in [0.1, 0.15) is 36.3 Å². The molecule has 8 heteroatoms. The van der Waals surface area contributed by atoms with Crippen molar-refractivity contribution in [3.63, 3.8) is 0 Å². The average molecular weight is 453 g/mol. The van der Waals surface area contributed by atoms with Gasteiger partial charge in [-0.25, -0.2) is 4.79 Å². The molecule has 2 N–H and O–H groups in total. The summed E-state index contributed by atoms with van der Waals surface area (Å²) in [6.45, 7) is 0.0379. The van der Waals surface area contributed by atoms with Crippen molar-refractivity contribution < 1.29 is 29.0 Å². The van der Waals surface area contributed by atoms with Crippen LogP contribution in [0.5, 0.6) is 0 Å². The SMILES string of the molecule is COC(CCNC(=O)OCC1c2ccccc2-c2ccccc21)C(=O)N(CC(=O)O)C1CC1. The van der Waals surface area contributed by atoms with Gasteiger partial charge in [0.25, 0.3) is 5.91 Å². The van der Waals surface area contributed by atoms with Gasteiger partial charge >= 0.3 is 12.1 Å². The number of aliphatic carboxylic acids is 1. The van der Waals surface area contributed by atoms with E-state index in [-0.39, 0.29) is 44.0 Å². The molecule has 1 atom stereocenters. The fourth-order valence-corrected chi connectivity index (χ4v) is 4.40. The zero-order chi connectivity index (χ0) is 23.4. The summed E-state index contributed by atoms with van der Waals surface area (Å²) in [7, 11) is 1.40. The van der Waals surface area contributed by atoms with Crippen LogP contribution in [0.2, 0.25) is 0 Å². The summed E-state index contributed by atoms with van der Waals surface area (Å²) in [5, 5.41) is 11.7. The molecule has 2 aromatic rings. The van der Waals surface area contributed by atoms with Crippen LogP contribution in [-0.4, -0.2) is 66.9 Å². The number of fused-ring (bicyclic) bond motifs is 3. The molecule has 0 bridgehead atoms. The van der Waals surface area contributed by atoms with E-state index in [0.717, 1.165) is 35.1 Å². The van der Waals surface area contributed by atoms with Gasteiger partial charge in [0.1, 0.15) is 19.3 Å². The summed E-state index contributed by atoms with van der Waals surface area (Å²) in [5.74, 6) is -1.45. The van der Waals surface area contributed by atoms with Gasteiger partial charge in [0.15, 0.2) is 0 Å². The zero-order valence-electron chi connectivity index (χ0n) is 18.5. The van der Waals surface area contributed by atoms with E-state index in [1.165, 1.54) is 12.0 Å². The number of carbonyl (C=O) groups excluding carboxylic acids is 2. The van der Waals surface area contributed by atoms with Crippen molar-refractivity contribution in [1.82, 2.24) is 10.2 Å². The molecule has 0 saturated heterocycles. The normalized spacial score (nSPS) is 15.3. The van der Waals surface area contributed by atoms with Gasteiger partial charge in [0.2, 0.25) is 0 Å². The van der Waals surface area contributed by atoms with Crippen LogP contribution in [0, 0.1) is 0 Å². The molecule has 0 spiro atoms. The number of hydrogen-bond donors (Lipinski definition) is 2. The van der Waals surface area contributed by atoms with Crippen LogP contribution in [0.3, 0.4) is 0 Å². The lowest BCUT2D eigenvalue weighted by Crippen LogP contribution is -2.45. The summed E-state index contributed by atoms with van der Waals surface area (Å²) in [6.07, 6.45) is 0.436. The van der Waals surface area contributed by atoms with E-state index in [1.54, 1.807) is 0 Å². The van der Waals surface area contributed by atoms with E-state index in [0.29, 0.717) is 0 Å². The predicted molar refractivity (Wildman–Crippen MR) is 121 cm³/mol. The Bertz CT molecular complexity index is 990. The molecular formula is C25H28N2O6. The van der Waals surface area contributed by atoms with Crippen LogP contribution < -0.4 is 5.32 Å². The first-order valence-corrected chi connectivity index (χ1v) is 11.1. The summed E-state index contributed by atoms with van der Waals surface area (Å²) < 4.78 is 10.8. The molecule has 174 valence electrons. The number of hydrogen-bond acceptors (Lipinski definition) is 5. The number of rotatable bonds is 10. The molecule has 1 unspecified atom stereocenters. The van der Waals surface area contributed by atoms with E-state index >= 15 is 0 Å². The number of carboxylic acids is 1. The smallest absolute Gasteiger partial charge is 0.407 e. The quantitative estimate of drug-likeness (QED) is 0.574. The maximum Gasteiger partial charge on any atom is 0.407 e. The summed E-state index contributed by atoms with van der Waals surface area (Å²) in [5.41, 5.74) is 4.58. The molecule has 2 amide bonds. The van der Waals surface area contributed by atoms with Crippen molar-refractivity contribution in [2.45, 2.75) is 37.3 Å². The van der Waals surface area contributed by atoms with Crippen molar-refractivity contribution in [2.24, 2.45) is 0 Å². The highest BCUT2D eigenvalue weighted by atomic mass is 16.5. The summed E-state index contributed by atoms with van der Waals surface area (Å²) in [4.78, 5) is 37.4. The Balaban J connectivity index is 1.28. The summed E-state index contributed by atoms with van der Waals surface area (Å²) in [6, 6.07) is 16.2. The second kappa shape index (κ2) is 10.0. The molecule has 2 aliphatic rings. The molecule has 0 heterocycles. The second-order valence-electron chi connectivity index (χ2n) is 8.36. The Morgan fingerprint density at radius 1 is 1.06 bits per heavy atom. The first-order chi connectivity index (χ1) is 16.0. The highest BCUT2D eigenvalue weighted by Crippen LogP contribution is 2.44. The molecule has 2 aromatic carbocycles. The number of methoxy groups -OCH3 is 1. The lowest BCUT2D eigenvalue weighted by atomic mass is 9.98. The number of benzene rings is 2. The number of nitrogens with zero attached hydrogens (tertiary/aromatic N) is 1. The minimum absolute atomic E-state index is 0.0282. The first-order valence-electron chi connectivity index (χ1n) is 11.1. The molecule has 4 rings (SSSR count). The van der Waals surface area contributed by atoms with Gasteiger partial charge in [-0.05, 0) is 35.1 Å². The lowest BCUT2D eigenvalue weighted by Gasteiger charge is -2.25. The Morgan fingerprint density at radius 2 is 1.67 bits per heavy atom. The first kappa shape index (κ1) is 22.8. The molecule has 1 saturated carbocycles. The summed E-state index contributed by atoms with van der Waals surface area (Å²) >= 11 is 0. The fourth-order valence-electron chi connectivity index (χ4n) is 4.40. The van der Waals surface area contributed by atoms with Gasteiger partial charge in [-0.2, -0.15) is 0 Å². The lowest BCUT2D eigenvalue weighted by molar-refractivity contribution is -0.150. The third-order valence-corrected chi connectivity index (χ3v) is 6.16. The standard InChI is InChI=1S/C25H28N2O6/c1-32-22(24(30)27(14-23(28)29)16-10-11-16)12-13-26-25(31)33-15-21-19-8-4-2-6-17(19)18-7-3-5-9-20(18)21/h2-9,16,21-22H,10-15H2,1H3,(H,26,31)(H,28,29). The van der Waals surface area contributed by atoms with E-state index in [1.807, 2.05) is 24.3 Å². The maximum atomic E-state index is 12.7. The third kappa shape index (κ3) is 5.17. The third-order valence-electron chi connectivity index (χ3n) is 6.16. The highest BCUT2D eigenvalue weighted by molar-refractivity contribution is 5.85. The van der Waals surface area contributed by atoms with Crippen molar-refractivity contribution in [3.8, 4) is 11.1 Å². The topological polar surface area (TPSA) is 105 Å². The van der Waals surface area contributed by atoms with Gasteiger partial charge in [-0.15, -0.1) is 0 Å². The van der Waals surface area contributed by atoms with Crippen LogP contribution >= 0.6 is 0 Å². The number of nitrogens with one attached hydrogen (secondary N) is 1. The predicted octanol–water partition coefficient (Wildman–Crippen LogP) is 3.01. The molecule has 0 radical (unpaired) electrons. The van der Waals surface area contributed by atoms with Crippen LogP contribution in [0.4, 0.5) is 4.79 Å². The largest absolute Gasteiger partial charge is 0.480 e. The van der Waals surface area contributed by atoms with Crippen molar-refractivity contribution in [1.29, 1.82) is 0 Å². The monoisotopic (exact) mass is 452 g/mol. The molecule has 33 heavy (non-hydrogen) atoms. The van der Waals surface area contributed by atoms with Crippen LogP contribution in [0.25, 0.3) is 11.1 Å². The maximum absolute atomic E-state index is 12.7. The molecule has 8 nitrogen and oxygen atoms in total. The Labute approximate surface area is 192 Å². The molecule has 0 aliphatic heterocycles. The number of amides is 2. The number of ether oxygens (including phenoxy) is 2. The molecular weight excluding hydrogens is 424 g/mol. The van der Waals surface area contributed by atoms with Crippen molar-refractivity contribution in [2.75, 3.05) is 26.8 Å². The van der Waals surface area contributed by atoms with Crippen molar-refractivity contribution in [3.05, 3.63) is 59.7 Å². The Hall–Kier alpha value is -3.39. The van der Waals surface area contributed by atoms with Crippen molar-refractivity contribution >= 4 is 18.0 Å². The van der Waals surface area contributed by atoms with Gasteiger partial charge in [0, 0.05) is 32.0 Å². The highest BCUT2D eigenvalue weighted by Gasteiger charge is 2.37. The van der Waals surface area contributed by atoms with Gasteiger partial charge in [0.05, 0.1) is 0 Å². The van der Waals surface area contributed by atoms with Gasteiger partial charge in [-0.1, -0.05) is 48.5 Å². The van der Waals surface area contributed by atoms with E-state index in [9.17, 15) is 14.4 Å². The molecule has 1 fully saturated rings. The van der Waals surface area contributed by atoms with Gasteiger partial charge < -0.3 is 24.8 Å². The number of carboxylic acid groups (broad SMARTS) is 1.